The molecule has 0 spiro atoms. The molecule has 4 nitrogen and oxygen atoms in total. The number of hydrogen-bond acceptors (Lipinski definition) is 3. The minimum Gasteiger partial charge on any atom is -0.507 e. The van der Waals surface area contributed by atoms with Crippen LogP contribution in [0.25, 0.3) is 0 Å². The number of aromatic hydroxyl groups is 1. The summed E-state index contributed by atoms with van der Waals surface area (Å²) in [5.41, 5.74) is 0.266. The Morgan fingerprint density at radius 3 is 2.35 bits per heavy atom. The first-order valence-corrected chi connectivity index (χ1v) is 5.70. The van der Waals surface area contributed by atoms with Crippen molar-refractivity contribution in [2.24, 2.45) is 0 Å². The molecule has 0 saturated heterocycles. The molecule has 0 aliphatic rings. The maximum absolute atomic E-state index is 12.2. The highest BCUT2D eigenvalue weighted by Gasteiger charge is 2.22. The molecule has 0 aliphatic heterocycles. The fourth-order valence-corrected chi connectivity index (χ4v) is 1.62. The van der Waals surface area contributed by atoms with E-state index in [-0.39, 0.29) is 29.8 Å². The number of carbonyl (C=O) groups is 1. The van der Waals surface area contributed by atoms with E-state index in [1.165, 1.54) is 6.07 Å². The van der Waals surface area contributed by atoms with E-state index in [9.17, 15) is 15.0 Å². The molecule has 1 unspecified atom stereocenters. The Bertz CT molecular complexity index is 388. The van der Waals surface area contributed by atoms with E-state index in [2.05, 4.69) is 0 Å². The Labute approximate surface area is 101 Å². The van der Waals surface area contributed by atoms with Gasteiger partial charge in [-0.1, -0.05) is 12.1 Å². The lowest BCUT2D eigenvalue weighted by atomic mass is 10.1. The molecule has 0 heterocycles. The number of rotatable bonds is 4. The van der Waals surface area contributed by atoms with Crippen molar-refractivity contribution >= 4 is 5.91 Å². The predicted molar refractivity (Wildman–Crippen MR) is 66.0 cm³/mol. The largest absolute Gasteiger partial charge is 0.507 e. The van der Waals surface area contributed by atoms with E-state index in [1.807, 2.05) is 13.8 Å². The van der Waals surface area contributed by atoms with E-state index in [0.717, 1.165) is 0 Å². The summed E-state index contributed by atoms with van der Waals surface area (Å²) in [5.74, 6) is -0.298. The molecule has 4 heteroatoms. The van der Waals surface area contributed by atoms with Gasteiger partial charge in [0.2, 0.25) is 0 Å². The average molecular weight is 237 g/mol. The van der Waals surface area contributed by atoms with Crippen LogP contribution in [0.2, 0.25) is 0 Å². The molecule has 1 aromatic rings. The maximum Gasteiger partial charge on any atom is 0.257 e. The second kappa shape index (κ2) is 5.68. The van der Waals surface area contributed by atoms with E-state index in [0.29, 0.717) is 0 Å². The third kappa shape index (κ3) is 3.46. The first kappa shape index (κ1) is 13.5. The van der Waals surface area contributed by atoms with E-state index < -0.39 is 6.10 Å². The highest BCUT2D eigenvalue weighted by Crippen LogP contribution is 2.19. The third-order valence-corrected chi connectivity index (χ3v) is 2.48. The number of phenols is 1. The number of phenolic OH excluding ortho intramolecular Hbond substituents is 1. The van der Waals surface area contributed by atoms with E-state index in [1.54, 1.807) is 30.0 Å². The zero-order chi connectivity index (χ0) is 13.0. The number of aliphatic hydroxyl groups is 1. The van der Waals surface area contributed by atoms with Crippen LogP contribution < -0.4 is 0 Å². The standard InChI is InChI=1S/C13H19NO3/c1-9(2)14(8-10(3)15)13(17)11-6-4-5-7-12(11)16/h4-7,9-10,15-16H,8H2,1-3H3. The average Bonchev–Trinajstić information content (AvgIpc) is 2.25. The lowest BCUT2D eigenvalue weighted by Crippen LogP contribution is -2.41. The maximum atomic E-state index is 12.2. The Morgan fingerprint density at radius 2 is 1.88 bits per heavy atom. The predicted octanol–water partition coefficient (Wildman–Crippen LogP) is 1.62. The fourth-order valence-electron chi connectivity index (χ4n) is 1.62. The van der Waals surface area contributed by atoms with Crippen LogP contribution >= 0.6 is 0 Å². The number of nitrogens with zero attached hydrogens (tertiary/aromatic N) is 1. The van der Waals surface area contributed by atoms with Crippen LogP contribution in [-0.2, 0) is 0 Å². The second-order valence-corrected chi connectivity index (χ2v) is 4.42. The molecule has 0 saturated carbocycles. The van der Waals surface area contributed by atoms with Gasteiger partial charge in [0.05, 0.1) is 11.7 Å². The molecule has 1 rings (SSSR count). The van der Waals surface area contributed by atoms with Crippen molar-refractivity contribution in [1.29, 1.82) is 0 Å². The van der Waals surface area contributed by atoms with Gasteiger partial charge in [0, 0.05) is 12.6 Å². The van der Waals surface area contributed by atoms with Crippen molar-refractivity contribution in [2.45, 2.75) is 32.9 Å². The number of carbonyl (C=O) groups excluding carboxylic acids is 1. The first-order valence-electron chi connectivity index (χ1n) is 5.70. The highest BCUT2D eigenvalue weighted by molar-refractivity contribution is 5.97. The van der Waals surface area contributed by atoms with Gasteiger partial charge < -0.3 is 15.1 Å². The molecule has 0 fully saturated rings. The summed E-state index contributed by atoms with van der Waals surface area (Å²) in [6.45, 7) is 5.64. The molecule has 1 amide bonds. The summed E-state index contributed by atoms with van der Waals surface area (Å²) in [5, 5.41) is 19.0. The van der Waals surface area contributed by atoms with Crippen LogP contribution in [0, 0.1) is 0 Å². The van der Waals surface area contributed by atoms with E-state index >= 15 is 0 Å². The van der Waals surface area contributed by atoms with Gasteiger partial charge in [-0.25, -0.2) is 0 Å². The number of amides is 1. The number of para-hydroxylation sites is 1. The Morgan fingerprint density at radius 1 is 1.29 bits per heavy atom. The molecular formula is C13H19NO3. The lowest BCUT2D eigenvalue weighted by Gasteiger charge is -2.28. The number of hydrogen-bond donors (Lipinski definition) is 2. The quantitative estimate of drug-likeness (QED) is 0.836. The van der Waals surface area contributed by atoms with Gasteiger partial charge in [-0.15, -0.1) is 0 Å². The minimum atomic E-state index is -0.591. The summed E-state index contributed by atoms with van der Waals surface area (Å²) >= 11 is 0. The van der Waals surface area contributed by atoms with Crippen molar-refractivity contribution in [1.82, 2.24) is 4.90 Å². The molecule has 0 bridgehead atoms. The van der Waals surface area contributed by atoms with Crippen molar-refractivity contribution in [3.63, 3.8) is 0 Å². The van der Waals surface area contributed by atoms with Crippen LogP contribution in [0.15, 0.2) is 24.3 Å². The van der Waals surface area contributed by atoms with Gasteiger partial charge in [0.15, 0.2) is 0 Å². The molecule has 17 heavy (non-hydrogen) atoms. The second-order valence-electron chi connectivity index (χ2n) is 4.42. The summed E-state index contributed by atoms with van der Waals surface area (Å²) in [6, 6.07) is 6.40. The van der Waals surface area contributed by atoms with Gasteiger partial charge in [-0.05, 0) is 32.9 Å². The van der Waals surface area contributed by atoms with E-state index in [4.69, 9.17) is 0 Å². The molecular weight excluding hydrogens is 218 g/mol. The Balaban J connectivity index is 2.96. The van der Waals surface area contributed by atoms with Crippen LogP contribution in [0.5, 0.6) is 5.75 Å². The molecule has 2 N–H and O–H groups in total. The monoisotopic (exact) mass is 237 g/mol. The third-order valence-electron chi connectivity index (χ3n) is 2.48. The molecule has 0 aliphatic carbocycles. The molecule has 0 aromatic heterocycles. The van der Waals surface area contributed by atoms with Crippen LogP contribution in [-0.4, -0.2) is 39.7 Å². The summed E-state index contributed by atoms with van der Waals surface area (Å²) in [6.07, 6.45) is -0.591. The first-order chi connectivity index (χ1) is 7.93. The van der Waals surface area contributed by atoms with Gasteiger partial charge in [0.1, 0.15) is 5.75 Å². The molecule has 94 valence electrons. The van der Waals surface area contributed by atoms with Crippen molar-refractivity contribution in [3.05, 3.63) is 29.8 Å². The SMILES string of the molecule is CC(O)CN(C(=O)c1ccccc1O)C(C)C. The normalized spacial score (nSPS) is 12.5. The smallest absolute Gasteiger partial charge is 0.257 e. The summed E-state index contributed by atoms with van der Waals surface area (Å²) < 4.78 is 0. The zero-order valence-corrected chi connectivity index (χ0v) is 10.4. The van der Waals surface area contributed by atoms with Gasteiger partial charge in [-0.2, -0.15) is 0 Å². The molecule has 1 atom stereocenters. The summed E-state index contributed by atoms with van der Waals surface area (Å²) in [7, 11) is 0. The number of aliphatic hydroxyl groups excluding tert-OH is 1. The highest BCUT2D eigenvalue weighted by atomic mass is 16.3. The zero-order valence-electron chi connectivity index (χ0n) is 10.4. The molecule has 1 aromatic carbocycles. The van der Waals surface area contributed by atoms with Crippen LogP contribution in [0.1, 0.15) is 31.1 Å². The van der Waals surface area contributed by atoms with Crippen molar-refractivity contribution in [3.8, 4) is 5.75 Å². The van der Waals surface area contributed by atoms with Crippen molar-refractivity contribution < 1.29 is 15.0 Å². The van der Waals surface area contributed by atoms with Gasteiger partial charge >= 0.3 is 0 Å². The molecule has 0 radical (unpaired) electrons. The fraction of sp³-hybridized carbons (Fsp3) is 0.462. The number of benzene rings is 1. The van der Waals surface area contributed by atoms with Crippen LogP contribution in [0.3, 0.4) is 0 Å². The Hall–Kier alpha value is -1.55. The van der Waals surface area contributed by atoms with Crippen molar-refractivity contribution in [2.75, 3.05) is 6.54 Å². The summed E-state index contributed by atoms with van der Waals surface area (Å²) in [4.78, 5) is 13.7. The topological polar surface area (TPSA) is 60.8 Å². The van der Waals surface area contributed by atoms with Gasteiger partial charge in [-0.3, -0.25) is 4.79 Å². The Kier molecular flexibility index (Phi) is 4.52. The van der Waals surface area contributed by atoms with Crippen LogP contribution in [0.4, 0.5) is 0 Å². The lowest BCUT2D eigenvalue weighted by molar-refractivity contribution is 0.0576. The van der Waals surface area contributed by atoms with Gasteiger partial charge in [0.25, 0.3) is 5.91 Å². The minimum absolute atomic E-state index is 0.0308.